The van der Waals surface area contributed by atoms with E-state index in [-0.39, 0.29) is 5.78 Å². The molecular formula is C19H24N6O. The van der Waals surface area contributed by atoms with Gasteiger partial charge in [0.2, 0.25) is 0 Å². The molecule has 0 radical (unpaired) electrons. The highest BCUT2D eigenvalue weighted by Crippen LogP contribution is 2.29. The Morgan fingerprint density at radius 2 is 1.96 bits per heavy atom. The van der Waals surface area contributed by atoms with Crippen molar-refractivity contribution in [2.45, 2.75) is 58.9 Å². The maximum absolute atomic E-state index is 12.7. The number of ketones is 1. The Kier molecular flexibility index (Phi) is 4.09. The van der Waals surface area contributed by atoms with Gasteiger partial charge in [-0.2, -0.15) is 0 Å². The molecule has 1 fully saturated rings. The molecule has 0 amide bonds. The minimum Gasteiger partial charge on any atom is -0.344 e. The zero-order valence-electron chi connectivity index (χ0n) is 15.5. The molecule has 3 aromatic heterocycles. The van der Waals surface area contributed by atoms with Crippen LogP contribution in [0.4, 0.5) is 0 Å². The lowest BCUT2D eigenvalue weighted by Crippen LogP contribution is -2.20. The van der Waals surface area contributed by atoms with Gasteiger partial charge < -0.3 is 4.98 Å². The van der Waals surface area contributed by atoms with E-state index < -0.39 is 5.41 Å². The number of aromatic nitrogens is 6. The van der Waals surface area contributed by atoms with Gasteiger partial charge in [-0.3, -0.25) is 4.79 Å². The lowest BCUT2D eigenvalue weighted by atomic mass is 9.87. The van der Waals surface area contributed by atoms with Crippen molar-refractivity contribution >= 4 is 16.9 Å². The molecule has 0 saturated heterocycles. The second-order valence-electron chi connectivity index (χ2n) is 8.11. The van der Waals surface area contributed by atoms with Crippen molar-refractivity contribution in [2.75, 3.05) is 0 Å². The van der Waals surface area contributed by atoms with Gasteiger partial charge in [0.1, 0.15) is 16.9 Å². The van der Waals surface area contributed by atoms with E-state index in [2.05, 4.69) is 25.3 Å². The topological polar surface area (TPSA) is 89.4 Å². The first kappa shape index (κ1) is 16.9. The Labute approximate surface area is 152 Å². The van der Waals surface area contributed by atoms with Crippen LogP contribution in [0.1, 0.15) is 69.3 Å². The van der Waals surface area contributed by atoms with Crippen molar-refractivity contribution < 1.29 is 4.79 Å². The zero-order valence-corrected chi connectivity index (χ0v) is 15.5. The fourth-order valence-corrected chi connectivity index (χ4v) is 3.51. The molecule has 1 N–H and O–H groups in total. The van der Waals surface area contributed by atoms with Gasteiger partial charge in [-0.1, -0.05) is 45.2 Å². The van der Waals surface area contributed by atoms with Gasteiger partial charge in [0, 0.05) is 11.6 Å². The third-order valence-corrected chi connectivity index (χ3v) is 5.03. The molecular weight excluding hydrogens is 328 g/mol. The summed E-state index contributed by atoms with van der Waals surface area (Å²) in [5.74, 6) is 0.0426. The van der Waals surface area contributed by atoms with Crippen molar-refractivity contribution in [1.29, 1.82) is 0 Å². The average Bonchev–Trinajstić information content (AvgIpc) is 3.28. The predicted molar refractivity (Wildman–Crippen MR) is 98.8 cm³/mol. The van der Waals surface area contributed by atoms with Crippen LogP contribution in [0.2, 0.25) is 0 Å². The summed E-state index contributed by atoms with van der Waals surface area (Å²) in [6, 6.07) is 0.423. The number of aromatic amines is 1. The van der Waals surface area contributed by atoms with Gasteiger partial charge in [-0.25, -0.2) is 14.6 Å². The number of carbonyl (C=O) groups is 1. The van der Waals surface area contributed by atoms with Crippen LogP contribution < -0.4 is 0 Å². The Morgan fingerprint density at radius 1 is 1.19 bits per heavy atom. The van der Waals surface area contributed by atoms with E-state index in [1.807, 2.05) is 31.6 Å². The molecule has 0 aliphatic heterocycles. The number of rotatable bonds is 3. The molecule has 0 unspecified atom stereocenters. The minimum atomic E-state index is -0.475. The standard InChI is InChI=1S/C19H24N6O/c1-19(2,3)17(26)13-9-20-18-16(13)22-14(10-21-18)15-11-25(24-23-15)12-7-5-4-6-8-12/h9-12H,4-8H2,1-3H3,(H,20,21). The summed E-state index contributed by atoms with van der Waals surface area (Å²) in [4.78, 5) is 24.8. The van der Waals surface area contributed by atoms with E-state index >= 15 is 0 Å². The molecule has 136 valence electrons. The molecule has 3 heterocycles. The van der Waals surface area contributed by atoms with E-state index in [1.54, 1.807) is 12.4 Å². The van der Waals surface area contributed by atoms with Gasteiger partial charge >= 0.3 is 0 Å². The summed E-state index contributed by atoms with van der Waals surface area (Å²) in [7, 11) is 0. The summed E-state index contributed by atoms with van der Waals surface area (Å²) in [6.45, 7) is 5.71. The quantitative estimate of drug-likeness (QED) is 0.721. The molecule has 3 aromatic rings. The van der Waals surface area contributed by atoms with Gasteiger partial charge in [-0.05, 0) is 12.8 Å². The summed E-state index contributed by atoms with van der Waals surface area (Å²) in [6.07, 6.45) is 11.4. The van der Waals surface area contributed by atoms with E-state index in [0.29, 0.717) is 34.2 Å². The van der Waals surface area contributed by atoms with Crippen molar-refractivity contribution in [3.63, 3.8) is 0 Å². The second-order valence-corrected chi connectivity index (χ2v) is 8.11. The molecule has 1 saturated carbocycles. The number of carbonyl (C=O) groups excluding carboxylic acids is 1. The van der Waals surface area contributed by atoms with Crippen molar-refractivity contribution in [3.8, 4) is 11.4 Å². The van der Waals surface area contributed by atoms with E-state index in [1.165, 1.54) is 19.3 Å². The number of H-pyrrole nitrogens is 1. The second kappa shape index (κ2) is 6.30. The van der Waals surface area contributed by atoms with Gasteiger partial charge in [0.25, 0.3) is 0 Å². The first-order valence-corrected chi connectivity index (χ1v) is 9.24. The van der Waals surface area contributed by atoms with Crippen LogP contribution in [-0.4, -0.2) is 35.7 Å². The highest BCUT2D eigenvalue weighted by Gasteiger charge is 2.26. The van der Waals surface area contributed by atoms with E-state index in [4.69, 9.17) is 0 Å². The monoisotopic (exact) mass is 352 g/mol. The average molecular weight is 352 g/mol. The van der Waals surface area contributed by atoms with Gasteiger partial charge in [-0.15, -0.1) is 5.10 Å². The van der Waals surface area contributed by atoms with Crippen LogP contribution in [0.25, 0.3) is 22.6 Å². The normalized spacial score (nSPS) is 16.3. The first-order valence-electron chi connectivity index (χ1n) is 9.24. The summed E-state index contributed by atoms with van der Waals surface area (Å²) < 4.78 is 1.96. The maximum Gasteiger partial charge on any atom is 0.171 e. The van der Waals surface area contributed by atoms with Crippen LogP contribution in [0.5, 0.6) is 0 Å². The largest absolute Gasteiger partial charge is 0.344 e. The molecule has 0 spiro atoms. The van der Waals surface area contributed by atoms with Crippen molar-refractivity contribution in [2.24, 2.45) is 5.41 Å². The van der Waals surface area contributed by atoms with Gasteiger partial charge in [0.15, 0.2) is 11.4 Å². The highest BCUT2D eigenvalue weighted by molar-refractivity contribution is 6.08. The van der Waals surface area contributed by atoms with Crippen LogP contribution in [0.15, 0.2) is 18.6 Å². The number of hydrogen-bond donors (Lipinski definition) is 1. The first-order chi connectivity index (χ1) is 12.4. The molecule has 0 aromatic carbocycles. The van der Waals surface area contributed by atoms with Crippen molar-refractivity contribution in [1.82, 2.24) is 29.9 Å². The summed E-state index contributed by atoms with van der Waals surface area (Å²) >= 11 is 0. The molecule has 1 aliphatic carbocycles. The van der Waals surface area contributed by atoms with Crippen LogP contribution >= 0.6 is 0 Å². The number of Topliss-reactive ketones (excluding diaryl/α,β-unsaturated/α-hetero) is 1. The van der Waals surface area contributed by atoms with Crippen LogP contribution in [0.3, 0.4) is 0 Å². The van der Waals surface area contributed by atoms with Crippen LogP contribution in [-0.2, 0) is 0 Å². The third-order valence-electron chi connectivity index (χ3n) is 5.03. The fraction of sp³-hybridized carbons (Fsp3) is 0.526. The maximum atomic E-state index is 12.7. The van der Waals surface area contributed by atoms with Crippen molar-refractivity contribution in [3.05, 3.63) is 24.2 Å². The zero-order chi connectivity index (χ0) is 18.3. The smallest absolute Gasteiger partial charge is 0.171 e. The number of hydrogen-bond acceptors (Lipinski definition) is 5. The summed E-state index contributed by atoms with van der Waals surface area (Å²) in [5, 5.41) is 8.60. The van der Waals surface area contributed by atoms with E-state index in [0.717, 1.165) is 12.8 Å². The Bertz CT molecular complexity index is 942. The molecule has 1 aliphatic rings. The van der Waals surface area contributed by atoms with Crippen LogP contribution in [0, 0.1) is 5.41 Å². The minimum absolute atomic E-state index is 0.0426. The Hall–Kier alpha value is -2.57. The lowest BCUT2D eigenvalue weighted by Gasteiger charge is -2.20. The van der Waals surface area contributed by atoms with E-state index in [9.17, 15) is 4.79 Å². The number of nitrogens with zero attached hydrogens (tertiary/aromatic N) is 5. The number of fused-ring (bicyclic) bond motifs is 1. The molecule has 0 atom stereocenters. The predicted octanol–water partition coefficient (Wildman–Crippen LogP) is 3.95. The summed E-state index contributed by atoms with van der Waals surface area (Å²) in [5.41, 5.74) is 2.64. The highest BCUT2D eigenvalue weighted by atomic mass is 16.1. The molecule has 7 heteroatoms. The SMILES string of the molecule is CC(C)(C)C(=O)c1c[nH]c2ncc(-c3cn(C4CCCCC4)nn3)nc12. The molecule has 0 bridgehead atoms. The Balaban J connectivity index is 1.69. The Morgan fingerprint density at radius 3 is 2.69 bits per heavy atom. The number of nitrogens with one attached hydrogen (secondary N) is 1. The molecule has 4 rings (SSSR count). The van der Waals surface area contributed by atoms with Gasteiger partial charge in [0.05, 0.1) is 24.0 Å². The molecule has 26 heavy (non-hydrogen) atoms. The molecule has 7 nitrogen and oxygen atoms in total. The third kappa shape index (κ3) is 3.02. The fourth-order valence-electron chi connectivity index (χ4n) is 3.51. The lowest BCUT2D eigenvalue weighted by molar-refractivity contribution is 0.0860.